The highest BCUT2D eigenvalue weighted by Crippen LogP contribution is 2.27. The number of benzene rings is 2. The summed E-state index contributed by atoms with van der Waals surface area (Å²) in [6, 6.07) is 15.6. The standard InChI is InChI=1S/C26H25ClN4O5/c1-35-21-10-7-17(14-22(21)36-2)11-13-28-23(32)16-30-20-4-3-12-29-24(20)25(33)31(26(30)34)15-18-5-8-19(27)9-6-18/h3-10,12,14H,11,13,15-16H2,1-2H3,(H,28,32). The summed E-state index contributed by atoms with van der Waals surface area (Å²) in [5.41, 5.74) is 0.983. The summed E-state index contributed by atoms with van der Waals surface area (Å²) in [7, 11) is 3.13. The summed E-state index contributed by atoms with van der Waals surface area (Å²) in [6.45, 7) is 0.125. The molecule has 0 bridgehead atoms. The Kier molecular flexibility index (Phi) is 7.70. The Morgan fingerprint density at radius 2 is 1.69 bits per heavy atom. The van der Waals surface area contributed by atoms with Gasteiger partial charge in [-0.2, -0.15) is 0 Å². The highest BCUT2D eigenvalue weighted by molar-refractivity contribution is 6.30. The van der Waals surface area contributed by atoms with Crippen molar-refractivity contribution < 1.29 is 14.3 Å². The minimum absolute atomic E-state index is 0.0300. The first-order chi connectivity index (χ1) is 17.4. The molecule has 36 heavy (non-hydrogen) atoms. The van der Waals surface area contributed by atoms with Crippen molar-refractivity contribution in [3.63, 3.8) is 0 Å². The predicted octanol–water partition coefficient (Wildman–Crippen LogP) is 2.64. The van der Waals surface area contributed by atoms with Crippen LogP contribution in [0, 0.1) is 0 Å². The van der Waals surface area contributed by atoms with Gasteiger partial charge < -0.3 is 14.8 Å². The van der Waals surface area contributed by atoms with Crippen LogP contribution in [0.5, 0.6) is 11.5 Å². The first-order valence-corrected chi connectivity index (χ1v) is 11.6. The van der Waals surface area contributed by atoms with Crippen LogP contribution in [0.1, 0.15) is 11.1 Å². The van der Waals surface area contributed by atoms with E-state index in [2.05, 4.69) is 10.3 Å². The lowest BCUT2D eigenvalue weighted by Crippen LogP contribution is -2.43. The minimum atomic E-state index is -0.592. The van der Waals surface area contributed by atoms with Crippen LogP contribution in [-0.4, -0.2) is 40.8 Å². The number of nitrogens with one attached hydrogen (secondary N) is 1. The van der Waals surface area contributed by atoms with Crippen LogP contribution in [0.2, 0.25) is 5.02 Å². The summed E-state index contributed by atoms with van der Waals surface area (Å²) >= 11 is 5.95. The first-order valence-electron chi connectivity index (χ1n) is 11.2. The average molecular weight is 509 g/mol. The lowest BCUT2D eigenvalue weighted by atomic mass is 10.1. The molecule has 4 aromatic rings. The monoisotopic (exact) mass is 508 g/mol. The molecular weight excluding hydrogens is 484 g/mol. The third-order valence-electron chi connectivity index (χ3n) is 5.73. The topological polar surface area (TPSA) is 104 Å². The van der Waals surface area contributed by atoms with E-state index in [0.29, 0.717) is 35.0 Å². The number of ether oxygens (including phenoxy) is 2. The van der Waals surface area contributed by atoms with E-state index in [1.165, 1.54) is 10.8 Å². The largest absolute Gasteiger partial charge is 0.493 e. The number of nitrogens with zero attached hydrogens (tertiary/aromatic N) is 3. The second-order valence-corrected chi connectivity index (χ2v) is 8.48. The van der Waals surface area contributed by atoms with Gasteiger partial charge in [-0.15, -0.1) is 0 Å². The molecule has 1 amide bonds. The van der Waals surface area contributed by atoms with E-state index in [1.54, 1.807) is 56.7 Å². The zero-order chi connectivity index (χ0) is 25.7. The van der Waals surface area contributed by atoms with Crippen molar-refractivity contribution in [1.82, 2.24) is 19.4 Å². The van der Waals surface area contributed by atoms with Crippen LogP contribution in [0.3, 0.4) is 0 Å². The molecule has 1 N–H and O–H groups in total. The Bertz CT molecular complexity index is 1510. The second kappa shape index (κ2) is 11.1. The number of rotatable bonds is 9. The summed E-state index contributed by atoms with van der Waals surface area (Å²) in [6.07, 6.45) is 2.04. The number of carbonyl (C=O) groups is 1. The van der Waals surface area contributed by atoms with E-state index in [1.807, 2.05) is 12.1 Å². The van der Waals surface area contributed by atoms with E-state index in [0.717, 1.165) is 15.7 Å². The lowest BCUT2D eigenvalue weighted by Gasteiger charge is -2.14. The molecular formula is C26H25ClN4O5. The van der Waals surface area contributed by atoms with E-state index < -0.39 is 11.2 Å². The number of pyridine rings is 1. The molecule has 186 valence electrons. The summed E-state index contributed by atoms with van der Waals surface area (Å²) in [5, 5.41) is 3.38. The molecule has 9 nitrogen and oxygen atoms in total. The highest BCUT2D eigenvalue weighted by atomic mass is 35.5. The number of aromatic nitrogens is 3. The van der Waals surface area contributed by atoms with Crippen LogP contribution < -0.4 is 26.0 Å². The molecule has 4 rings (SSSR count). The molecule has 0 spiro atoms. The molecule has 0 unspecified atom stereocenters. The van der Waals surface area contributed by atoms with E-state index in [4.69, 9.17) is 21.1 Å². The molecule has 2 aromatic carbocycles. The number of carbonyl (C=O) groups excluding carboxylic acids is 1. The quantitative estimate of drug-likeness (QED) is 0.373. The van der Waals surface area contributed by atoms with Gasteiger partial charge in [-0.1, -0.05) is 29.8 Å². The van der Waals surface area contributed by atoms with Gasteiger partial charge >= 0.3 is 5.69 Å². The predicted molar refractivity (Wildman–Crippen MR) is 137 cm³/mol. The molecule has 0 saturated heterocycles. The molecule has 2 heterocycles. The summed E-state index contributed by atoms with van der Waals surface area (Å²) in [5.74, 6) is 0.869. The number of hydrogen-bond acceptors (Lipinski definition) is 6. The van der Waals surface area contributed by atoms with Crippen molar-refractivity contribution in [2.45, 2.75) is 19.5 Å². The van der Waals surface area contributed by atoms with Crippen molar-refractivity contribution in [2.24, 2.45) is 0 Å². The number of amides is 1. The summed E-state index contributed by atoms with van der Waals surface area (Å²) < 4.78 is 12.9. The van der Waals surface area contributed by atoms with Gasteiger partial charge in [-0.05, 0) is 53.9 Å². The molecule has 0 fully saturated rings. The zero-order valence-corrected chi connectivity index (χ0v) is 20.6. The van der Waals surface area contributed by atoms with Crippen molar-refractivity contribution in [3.8, 4) is 11.5 Å². The van der Waals surface area contributed by atoms with Crippen LogP contribution in [0.25, 0.3) is 11.0 Å². The molecule has 0 aliphatic rings. The second-order valence-electron chi connectivity index (χ2n) is 8.05. The smallest absolute Gasteiger partial charge is 0.332 e. The number of fused-ring (bicyclic) bond motifs is 1. The third kappa shape index (κ3) is 5.41. The van der Waals surface area contributed by atoms with Gasteiger partial charge in [0.05, 0.1) is 26.3 Å². The molecule has 0 atom stereocenters. The van der Waals surface area contributed by atoms with Crippen LogP contribution in [0.4, 0.5) is 0 Å². The Morgan fingerprint density at radius 3 is 2.42 bits per heavy atom. The van der Waals surface area contributed by atoms with Crippen LogP contribution >= 0.6 is 11.6 Å². The van der Waals surface area contributed by atoms with E-state index in [-0.39, 0.29) is 24.5 Å². The average Bonchev–Trinajstić information content (AvgIpc) is 2.90. The molecule has 0 aliphatic heterocycles. The molecule has 0 saturated carbocycles. The Balaban J connectivity index is 1.54. The van der Waals surface area contributed by atoms with Gasteiger partial charge in [-0.25, -0.2) is 9.78 Å². The van der Waals surface area contributed by atoms with Crippen LogP contribution in [-0.2, 0) is 24.3 Å². The van der Waals surface area contributed by atoms with Crippen molar-refractivity contribution in [1.29, 1.82) is 0 Å². The fourth-order valence-corrected chi connectivity index (χ4v) is 4.02. The highest BCUT2D eigenvalue weighted by Gasteiger charge is 2.16. The SMILES string of the molecule is COc1ccc(CCNC(=O)Cn2c(=O)n(Cc3ccc(Cl)cc3)c(=O)c3ncccc32)cc1OC. The van der Waals surface area contributed by atoms with Gasteiger partial charge in [0.2, 0.25) is 5.91 Å². The Hall–Kier alpha value is -4.11. The fraction of sp³-hybridized carbons (Fsp3) is 0.231. The molecule has 10 heteroatoms. The van der Waals surface area contributed by atoms with Crippen molar-refractivity contribution in [2.75, 3.05) is 20.8 Å². The van der Waals surface area contributed by atoms with Crippen molar-refractivity contribution in [3.05, 3.63) is 97.8 Å². The van der Waals surface area contributed by atoms with Crippen molar-refractivity contribution >= 4 is 28.5 Å². The lowest BCUT2D eigenvalue weighted by molar-refractivity contribution is -0.121. The van der Waals surface area contributed by atoms with Gasteiger partial charge in [0, 0.05) is 17.8 Å². The Labute approximate surface area is 211 Å². The zero-order valence-electron chi connectivity index (χ0n) is 19.9. The van der Waals surface area contributed by atoms with Gasteiger partial charge in [-0.3, -0.25) is 18.7 Å². The maximum atomic E-state index is 13.3. The summed E-state index contributed by atoms with van der Waals surface area (Å²) in [4.78, 5) is 43.3. The maximum Gasteiger partial charge on any atom is 0.332 e. The molecule has 0 aliphatic carbocycles. The van der Waals surface area contributed by atoms with Crippen LogP contribution in [0.15, 0.2) is 70.4 Å². The minimum Gasteiger partial charge on any atom is -0.493 e. The number of methoxy groups -OCH3 is 2. The van der Waals surface area contributed by atoms with E-state index in [9.17, 15) is 14.4 Å². The van der Waals surface area contributed by atoms with Gasteiger partial charge in [0.25, 0.3) is 5.56 Å². The van der Waals surface area contributed by atoms with Gasteiger partial charge in [0.15, 0.2) is 17.0 Å². The molecule has 2 aromatic heterocycles. The maximum absolute atomic E-state index is 13.3. The first kappa shape index (κ1) is 25.0. The third-order valence-corrected chi connectivity index (χ3v) is 5.98. The number of halogens is 1. The number of hydrogen-bond donors (Lipinski definition) is 1. The molecule has 0 radical (unpaired) electrons. The normalized spacial score (nSPS) is 10.9. The Morgan fingerprint density at radius 1 is 0.972 bits per heavy atom. The van der Waals surface area contributed by atoms with E-state index >= 15 is 0 Å². The fourth-order valence-electron chi connectivity index (χ4n) is 3.89. The van der Waals surface area contributed by atoms with Gasteiger partial charge in [0.1, 0.15) is 6.54 Å².